The zero-order valence-electron chi connectivity index (χ0n) is 16.1. The van der Waals surface area contributed by atoms with Gasteiger partial charge in [-0.05, 0) is 35.2 Å². The first-order valence-corrected chi connectivity index (χ1v) is 10.1. The van der Waals surface area contributed by atoms with Gasteiger partial charge in [-0.2, -0.15) is 0 Å². The lowest BCUT2D eigenvalue weighted by atomic mass is 9.86. The smallest absolute Gasteiger partial charge is 0.261 e. The number of carbonyl (C=O) groups is 1. The maximum atomic E-state index is 12.9. The van der Waals surface area contributed by atoms with Gasteiger partial charge in [0.15, 0.2) is 0 Å². The molecule has 0 aliphatic heterocycles. The quantitative estimate of drug-likeness (QED) is 0.711. The van der Waals surface area contributed by atoms with Gasteiger partial charge in [0.1, 0.15) is 0 Å². The van der Waals surface area contributed by atoms with Crippen molar-refractivity contribution < 1.29 is 17.9 Å². The summed E-state index contributed by atoms with van der Waals surface area (Å²) in [4.78, 5) is 12.2. The van der Waals surface area contributed by atoms with Crippen LogP contribution < -0.4 is 10.0 Å². The van der Waals surface area contributed by atoms with Crippen molar-refractivity contribution in [3.05, 3.63) is 59.7 Å². The van der Waals surface area contributed by atoms with Crippen LogP contribution in [-0.4, -0.2) is 34.6 Å². The number of methoxy groups -OCH3 is 1. The van der Waals surface area contributed by atoms with Crippen LogP contribution in [0.5, 0.6) is 0 Å². The van der Waals surface area contributed by atoms with Crippen molar-refractivity contribution >= 4 is 21.6 Å². The lowest BCUT2D eigenvalue weighted by Gasteiger charge is -2.23. The molecule has 0 spiro atoms. The van der Waals surface area contributed by atoms with Crippen LogP contribution >= 0.6 is 0 Å². The van der Waals surface area contributed by atoms with E-state index in [9.17, 15) is 13.2 Å². The fraction of sp³-hybridized carbons (Fsp3) is 0.350. The minimum Gasteiger partial charge on any atom is -0.383 e. The van der Waals surface area contributed by atoms with Crippen LogP contribution in [0.1, 0.15) is 36.7 Å². The van der Waals surface area contributed by atoms with Crippen molar-refractivity contribution in [3.63, 3.8) is 0 Å². The molecule has 2 N–H and O–H groups in total. The summed E-state index contributed by atoms with van der Waals surface area (Å²) < 4.78 is 33.2. The minimum atomic E-state index is -3.83. The van der Waals surface area contributed by atoms with Crippen molar-refractivity contribution in [2.75, 3.05) is 25.0 Å². The molecule has 0 atom stereocenters. The number of hydrogen-bond acceptors (Lipinski definition) is 4. The Hall–Kier alpha value is -2.38. The molecule has 0 heterocycles. The second-order valence-electron chi connectivity index (χ2n) is 7.18. The minimum absolute atomic E-state index is 0.0330. The highest BCUT2D eigenvalue weighted by Crippen LogP contribution is 2.30. The third-order valence-corrected chi connectivity index (χ3v) is 5.34. The SMILES string of the molecule is COCCNC(=O)c1cccc(S(=O)(=O)Nc2ccccc2C(C)(C)C)c1. The highest BCUT2D eigenvalue weighted by Gasteiger charge is 2.22. The number of nitrogens with one attached hydrogen (secondary N) is 2. The van der Waals surface area contributed by atoms with Gasteiger partial charge < -0.3 is 10.1 Å². The maximum Gasteiger partial charge on any atom is 0.261 e. The van der Waals surface area contributed by atoms with Gasteiger partial charge in [0.25, 0.3) is 15.9 Å². The summed E-state index contributed by atoms with van der Waals surface area (Å²) >= 11 is 0. The summed E-state index contributed by atoms with van der Waals surface area (Å²) in [6, 6.07) is 13.3. The number of carbonyl (C=O) groups excluding carboxylic acids is 1. The van der Waals surface area contributed by atoms with Crippen LogP contribution in [0.25, 0.3) is 0 Å². The third-order valence-electron chi connectivity index (χ3n) is 3.98. The highest BCUT2D eigenvalue weighted by molar-refractivity contribution is 7.92. The van der Waals surface area contributed by atoms with E-state index in [1.165, 1.54) is 12.1 Å². The molecule has 6 nitrogen and oxygen atoms in total. The summed E-state index contributed by atoms with van der Waals surface area (Å²) in [5.41, 5.74) is 1.47. The average molecular weight is 391 g/mol. The second kappa shape index (κ2) is 8.54. The van der Waals surface area contributed by atoms with Crippen LogP contribution in [0.4, 0.5) is 5.69 Å². The van der Waals surface area contributed by atoms with Crippen molar-refractivity contribution in [1.82, 2.24) is 5.32 Å². The molecular formula is C20H26N2O4S. The summed E-state index contributed by atoms with van der Waals surface area (Å²) in [6.07, 6.45) is 0. The molecule has 0 saturated carbocycles. The van der Waals surface area contributed by atoms with Gasteiger partial charge in [-0.3, -0.25) is 9.52 Å². The van der Waals surface area contributed by atoms with Gasteiger partial charge >= 0.3 is 0 Å². The zero-order valence-corrected chi connectivity index (χ0v) is 16.9. The standard InChI is InChI=1S/C20H26N2O4S/c1-20(2,3)17-10-5-6-11-18(17)22-27(24,25)16-9-7-8-15(14-16)19(23)21-12-13-26-4/h5-11,14,22H,12-13H2,1-4H3,(H,21,23). The topological polar surface area (TPSA) is 84.5 Å². The molecule has 1 amide bonds. The van der Waals surface area contributed by atoms with E-state index in [0.717, 1.165) is 5.56 Å². The van der Waals surface area contributed by atoms with E-state index in [0.29, 0.717) is 18.8 Å². The number of hydrogen-bond donors (Lipinski definition) is 2. The van der Waals surface area contributed by atoms with Crippen LogP contribution in [-0.2, 0) is 20.2 Å². The van der Waals surface area contributed by atoms with E-state index < -0.39 is 10.0 Å². The maximum absolute atomic E-state index is 12.9. The van der Waals surface area contributed by atoms with E-state index in [1.54, 1.807) is 31.4 Å². The summed E-state index contributed by atoms with van der Waals surface area (Å²) in [5, 5.41) is 2.68. The summed E-state index contributed by atoms with van der Waals surface area (Å²) in [5.74, 6) is -0.348. The number of sulfonamides is 1. The van der Waals surface area contributed by atoms with Gasteiger partial charge in [0.05, 0.1) is 17.2 Å². The Morgan fingerprint density at radius 3 is 2.44 bits per heavy atom. The third kappa shape index (κ3) is 5.55. The lowest BCUT2D eigenvalue weighted by Crippen LogP contribution is -2.27. The molecule has 146 valence electrons. The van der Waals surface area contributed by atoms with E-state index >= 15 is 0 Å². The van der Waals surface area contributed by atoms with Crippen LogP contribution in [0.15, 0.2) is 53.4 Å². The number of anilines is 1. The Kier molecular flexibility index (Phi) is 6.62. The molecule has 0 fully saturated rings. The Morgan fingerprint density at radius 2 is 1.78 bits per heavy atom. The highest BCUT2D eigenvalue weighted by atomic mass is 32.2. The molecule has 2 rings (SSSR count). The second-order valence-corrected chi connectivity index (χ2v) is 8.86. The molecule has 7 heteroatoms. The van der Waals surface area contributed by atoms with Gasteiger partial charge in [0.2, 0.25) is 0 Å². The predicted octanol–water partition coefficient (Wildman–Crippen LogP) is 3.16. The lowest BCUT2D eigenvalue weighted by molar-refractivity contribution is 0.0937. The van der Waals surface area contributed by atoms with Gasteiger partial charge in [0, 0.05) is 19.2 Å². The fourth-order valence-corrected chi connectivity index (χ4v) is 3.73. The molecule has 0 bridgehead atoms. The van der Waals surface area contributed by atoms with E-state index in [-0.39, 0.29) is 21.8 Å². The molecule has 0 aromatic heterocycles. The van der Waals surface area contributed by atoms with E-state index in [4.69, 9.17) is 4.74 Å². The van der Waals surface area contributed by atoms with Gasteiger partial charge in [-0.25, -0.2) is 8.42 Å². The Bertz CT molecular complexity index is 902. The van der Waals surface area contributed by atoms with Crippen molar-refractivity contribution in [3.8, 4) is 0 Å². The predicted molar refractivity (Wildman–Crippen MR) is 107 cm³/mol. The molecule has 0 aliphatic carbocycles. The molecule has 2 aromatic rings. The first-order valence-electron chi connectivity index (χ1n) is 8.64. The molecule has 0 aliphatic rings. The molecule has 0 saturated heterocycles. The van der Waals surface area contributed by atoms with E-state index in [1.807, 2.05) is 32.9 Å². The normalized spacial score (nSPS) is 11.9. The van der Waals surface area contributed by atoms with Gasteiger partial charge in [-0.15, -0.1) is 0 Å². The van der Waals surface area contributed by atoms with Crippen molar-refractivity contribution in [2.45, 2.75) is 31.1 Å². The Morgan fingerprint density at radius 1 is 1.07 bits per heavy atom. The monoisotopic (exact) mass is 390 g/mol. The molecule has 27 heavy (non-hydrogen) atoms. The van der Waals surface area contributed by atoms with Crippen LogP contribution in [0.3, 0.4) is 0 Å². The van der Waals surface area contributed by atoms with Crippen molar-refractivity contribution in [1.29, 1.82) is 0 Å². The van der Waals surface area contributed by atoms with Crippen LogP contribution in [0, 0.1) is 0 Å². The number of ether oxygens (including phenoxy) is 1. The largest absolute Gasteiger partial charge is 0.383 e. The average Bonchev–Trinajstić information content (AvgIpc) is 2.61. The first kappa shape index (κ1) is 20.9. The number of para-hydroxylation sites is 1. The van der Waals surface area contributed by atoms with Crippen LogP contribution in [0.2, 0.25) is 0 Å². The molecule has 0 radical (unpaired) electrons. The number of benzene rings is 2. The summed E-state index contributed by atoms with van der Waals surface area (Å²) in [7, 11) is -2.29. The fourth-order valence-electron chi connectivity index (χ4n) is 2.60. The van der Waals surface area contributed by atoms with Crippen molar-refractivity contribution in [2.24, 2.45) is 0 Å². The number of rotatable bonds is 7. The zero-order chi connectivity index (χ0) is 20.1. The Labute approximate surface area is 161 Å². The summed E-state index contributed by atoms with van der Waals surface area (Å²) in [6.45, 7) is 6.79. The molecule has 2 aromatic carbocycles. The van der Waals surface area contributed by atoms with E-state index in [2.05, 4.69) is 10.0 Å². The first-order chi connectivity index (χ1) is 12.6. The molecular weight excluding hydrogens is 364 g/mol. The number of amides is 1. The molecule has 0 unspecified atom stereocenters. The Balaban J connectivity index is 2.28. The van der Waals surface area contributed by atoms with Gasteiger partial charge in [-0.1, -0.05) is 45.0 Å².